The molecule has 0 unspecified atom stereocenters. The van der Waals surface area contributed by atoms with Gasteiger partial charge in [-0.05, 0) is 34.6 Å². The molecule has 0 aliphatic heterocycles. The number of aliphatic carboxylic acids is 1. The zero-order valence-corrected chi connectivity index (χ0v) is 8.17. The maximum absolute atomic E-state index is 10.5. The van der Waals surface area contributed by atoms with Crippen LogP contribution in [0.1, 0.15) is 34.6 Å². The maximum atomic E-state index is 10.5. The average molecular weight is 176 g/mol. The predicted octanol–water partition coefficient (Wildman–Crippen LogP) is 1.60. The lowest BCUT2D eigenvalue weighted by molar-refractivity contribution is -0.389. The highest BCUT2D eigenvalue weighted by molar-refractivity contribution is 5.76. The zero-order chi connectivity index (χ0) is 9.99. The van der Waals surface area contributed by atoms with Gasteiger partial charge in [0.25, 0.3) is 0 Å². The molecule has 72 valence electrons. The molecule has 0 saturated carbocycles. The lowest BCUT2D eigenvalue weighted by atomic mass is 10.1. The molecule has 1 N–H and O–H groups in total. The first kappa shape index (κ1) is 11.4. The summed E-state index contributed by atoms with van der Waals surface area (Å²) < 4.78 is 0. The van der Waals surface area contributed by atoms with Gasteiger partial charge in [-0.1, -0.05) is 0 Å². The summed E-state index contributed by atoms with van der Waals surface area (Å²) in [5.74, 6) is -1.05. The summed E-state index contributed by atoms with van der Waals surface area (Å²) in [7, 11) is 0. The fourth-order valence-corrected chi connectivity index (χ4v) is 0.265. The summed E-state index contributed by atoms with van der Waals surface area (Å²) in [4.78, 5) is 20.2. The molecule has 12 heavy (non-hydrogen) atoms. The Bertz CT molecular complexity index is 166. The minimum absolute atomic E-state index is 0.493. The van der Waals surface area contributed by atoms with Crippen molar-refractivity contribution in [1.29, 1.82) is 0 Å². The molecule has 0 fully saturated rings. The second-order valence-corrected chi connectivity index (χ2v) is 4.09. The molecule has 0 aromatic rings. The van der Waals surface area contributed by atoms with Crippen LogP contribution in [0.2, 0.25) is 0 Å². The second kappa shape index (κ2) is 3.41. The summed E-state index contributed by atoms with van der Waals surface area (Å²) in [5, 5.41) is 8.63. The Hall–Kier alpha value is -0.610. The Morgan fingerprint density at radius 2 is 1.50 bits per heavy atom. The SMILES string of the molecule is CC(C)(C)OOC(C)(C)C(=O)O. The fraction of sp³-hybridized carbons (Fsp3) is 0.875. The third-order valence-electron chi connectivity index (χ3n) is 1.02. The van der Waals surface area contributed by atoms with Crippen molar-refractivity contribution in [3.63, 3.8) is 0 Å². The van der Waals surface area contributed by atoms with Crippen molar-refractivity contribution in [3.8, 4) is 0 Å². The minimum Gasteiger partial charge on any atom is -0.479 e. The van der Waals surface area contributed by atoms with Crippen LogP contribution in [0.4, 0.5) is 0 Å². The van der Waals surface area contributed by atoms with E-state index in [-0.39, 0.29) is 0 Å². The highest BCUT2D eigenvalue weighted by atomic mass is 17.2. The van der Waals surface area contributed by atoms with E-state index in [4.69, 9.17) is 14.9 Å². The molecule has 0 saturated heterocycles. The van der Waals surface area contributed by atoms with E-state index in [1.54, 1.807) is 20.8 Å². The van der Waals surface area contributed by atoms with Gasteiger partial charge in [-0.3, -0.25) is 0 Å². The highest BCUT2D eigenvalue weighted by Gasteiger charge is 2.31. The Kier molecular flexibility index (Phi) is 3.24. The molecule has 0 amide bonds. The van der Waals surface area contributed by atoms with Crippen molar-refractivity contribution in [2.45, 2.75) is 45.8 Å². The molecule has 0 aromatic carbocycles. The van der Waals surface area contributed by atoms with E-state index in [0.29, 0.717) is 0 Å². The van der Waals surface area contributed by atoms with Gasteiger partial charge < -0.3 is 5.11 Å². The number of carboxylic acids is 1. The topological polar surface area (TPSA) is 55.8 Å². The number of rotatable bonds is 3. The molecular weight excluding hydrogens is 160 g/mol. The Morgan fingerprint density at radius 3 is 1.75 bits per heavy atom. The maximum Gasteiger partial charge on any atom is 0.338 e. The van der Waals surface area contributed by atoms with Gasteiger partial charge in [0.2, 0.25) is 0 Å². The summed E-state index contributed by atoms with van der Waals surface area (Å²) in [5.41, 5.74) is -1.79. The molecule has 0 heterocycles. The number of carboxylic acid groups (broad SMARTS) is 1. The lowest BCUT2D eigenvalue weighted by Gasteiger charge is -2.24. The van der Waals surface area contributed by atoms with Crippen LogP contribution in [-0.4, -0.2) is 22.3 Å². The second-order valence-electron chi connectivity index (χ2n) is 4.09. The molecule has 0 rings (SSSR count). The first-order chi connectivity index (χ1) is 5.15. The van der Waals surface area contributed by atoms with Gasteiger partial charge >= 0.3 is 5.97 Å². The van der Waals surface area contributed by atoms with Crippen molar-refractivity contribution in [2.75, 3.05) is 0 Å². The normalized spacial score (nSPS) is 13.1. The van der Waals surface area contributed by atoms with Crippen LogP contribution in [0.5, 0.6) is 0 Å². The van der Waals surface area contributed by atoms with E-state index in [2.05, 4.69) is 0 Å². The molecular formula is C8H16O4. The van der Waals surface area contributed by atoms with Crippen LogP contribution in [0, 0.1) is 0 Å². The molecule has 4 heteroatoms. The van der Waals surface area contributed by atoms with E-state index >= 15 is 0 Å². The first-order valence-electron chi connectivity index (χ1n) is 3.75. The number of carbonyl (C=O) groups is 1. The van der Waals surface area contributed by atoms with Crippen molar-refractivity contribution in [3.05, 3.63) is 0 Å². The zero-order valence-electron chi connectivity index (χ0n) is 8.17. The van der Waals surface area contributed by atoms with Crippen LogP contribution >= 0.6 is 0 Å². The monoisotopic (exact) mass is 176 g/mol. The number of hydrogen-bond donors (Lipinski definition) is 1. The lowest BCUT2D eigenvalue weighted by Crippen LogP contribution is -2.37. The summed E-state index contributed by atoms with van der Waals surface area (Å²) in [6, 6.07) is 0. The summed E-state index contributed by atoms with van der Waals surface area (Å²) in [6.45, 7) is 8.21. The van der Waals surface area contributed by atoms with Crippen LogP contribution in [0.15, 0.2) is 0 Å². The Morgan fingerprint density at radius 1 is 1.08 bits per heavy atom. The minimum atomic E-state index is -1.30. The molecule has 0 bridgehead atoms. The van der Waals surface area contributed by atoms with Gasteiger partial charge in [-0.25, -0.2) is 14.6 Å². The van der Waals surface area contributed by atoms with Gasteiger partial charge in [-0.15, -0.1) is 0 Å². The van der Waals surface area contributed by atoms with E-state index in [1.165, 1.54) is 13.8 Å². The summed E-state index contributed by atoms with van der Waals surface area (Å²) in [6.07, 6.45) is 0. The first-order valence-corrected chi connectivity index (χ1v) is 3.75. The van der Waals surface area contributed by atoms with E-state index in [0.717, 1.165) is 0 Å². The van der Waals surface area contributed by atoms with Gasteiger partial charge in [0.15, 0.2) is 5.60 Å². The van der Waals surface area contributed by atoms with E-state index in [9.17, 15) is 4.79 Å². The highest BCUT2D eigenvalue weighted by Crippen LogP contribution is 2.15. The van der Waals surface area contributed by atoms with Crippen LogP contribution < -0.4 is 0 Å². The molecule has 0 spiro atoms. The van der Waals surface area contributed by atoms with Crippen molar-refractivity contribution in [1.82, 2.24) is 0 Å². The van der Waals surface area contributed by atoms with Gasteiger partial charge in [-0.2, -0.15) is 0 Å². The largest absolute Gasteiger partial charge is 0.479 e. The van der Waals surface area contributed by atoms with Crippen LogP contribution in [-0.2, 0) is 14.6 Å². The Balaban J connectivity index is 4.01. The molecule has 0 aliphatic carbocycles. The fourth-order valence-electron chi connectivity index (χ4n) is 0.265. The van der Waals surface area contributed by atoms with Gasteiger partial charge in [0, 0.05) is 0 Å². The predicted molar refractivity (Wildman–Crippen MR) is 43.6 cm³/mol. The van der Waals surface area contributed by atoms with Crippen molar-refractivity contribution in [2.24, 2.45) is 0 Å². The third kappa shape index (κ3) is 4.31. The Labute approximate surface area is 72.4 Å². The molecule has 4 nitrogen and oxygen atoms in total. The molecule has 0 aromatic heterocycles. The van der Waals surface area contributed by atoms with E-state index < -0.39 is 17.2 Å². The van der Waals surface area contributed by atoms with Gasteiger partial charge in [0.1, 0.15) is 0 Å². The summed E-state index contributed by atoms with van der Waals surface area (Å²) >= 11 is 0. The molecule has 0 atom stereocenters. The van der Waals surface area contributed by atoms with Gasteiger partial charge in [0.05, 0.1) is 5.60 Å². The molecule has 0 aliphatic rings. The van der Waals surface area contributed by atoms with Crippen molar-refractivity contribution < 1.29 is 19.7 Å². The average Bonchev–Trinajstić information content (AvgIpc) is 1.82. The van der Waals surface area contributed by atoms with Crippen LogP contribution in [0.25, 0.3) is 0 Å². The van der Waals surface area contributed by atoms with Crippen molar-refractivity contribution >= 4 is 5.97 Å². The van der Waals surface area contributed by atoms with E-state index in [1.807, 2.05) is 0 Å². The molecule has 0 radical (unpaired) electrons. The quantitative estimate of drug-likeness (QED) is 0.524. The number of hydrogen-bond acceptors (Lipinski definition) is 3. The van der Waals surface area contributed by atoms with Crippen LogP contribution in [0.3, 0.4) is 0 Å². The smallest absolute Gasteiger partial charge is 0.338 e. The standard InChI is InChI=1S/C8H16O4/c1-7(2,3)11-12-8(4,5)6(9)10/h1-5H3,(H,9,10). The third-order valence-corrected chi connectivity index (χ3v) is 1.02.